The van der Waals surface area contributed by atoms with Crippen LogP contribution in [-0.2, 0) is 17.6 Å². The van der Waals surface area contributed by atoms with E-state index in [1.807, 2.05) is 42.5 Å². The third kappa shape index (κ3) is 7.72. The highest BCUT2D eigenvalue weighted by atomic mass is 32.2. The maximum absolute atomic E-state index is 13.5. The number of nitrogens with one attached hydrogen (secondary N) is 1. The average molecular weight is 487 g/mol. The number of anilines is 1. The van der Waals surface area contributed by atoms with Gasteiger partial charge in [-0.15, -0.1) is 0 Å². The van der Waals surface area contributed by atoms with Crippen LogP contribution in [0.1, 0.15) is 43.2 Å². The van der Waals surface area contributed by atoms with Crippen LogP contribution in [-0.4, -0.2) is 33.9 Å². The largest absolute Gasteiger partial charge is 0.322 e. The van der Waals surface area contributed by atoms with Crippen molar-refractivity contribution in [3.63, 3.8) is 0 Å². The van der Waals surface area contributed by atoms with Gasteiger partial charge in [-0.25, -0.2) is 4.79 Å². The molecule has 5 heteroatoms. The standard InChI is InChI=1S/C30H34N2O2S/c33-29(28-18-10-11-23-32(28)30(34)31-26-16-8-3-9-17-26)35-27(21-19-24-12-4-1-5-13-24)22-20-25-14-6-2-7-15-25/h1-9,12-17,27-28H,10-11,18-23H2,(H,31,34). The van der Waals surface area contributed by atoms with Crippen molar-refractivity contribution < 1.29 is 9.59 Å². The van der Waals surface area contributed by atoms with Crippen LogP contribution in [0.5, 0.6) is 0 Å². The zero-order chi connectivity index (χ0) is 24.3. The average Bonchev–Trinajstić information content (AvgIpc) is 2.92. The topological polar surface area (TPSA) is 49.4 Å². The number of benzene rings is 3. The third-order valence-corrected chi connectivity index (χ3v) is 7.85. The number of carbonyl (C=O) groups is 2. The molecule has 1 aliphatic heterocycles. The van der Waals surface area contributed by atoms with Gasteiger partial charge in [-0.05, 0) is 68.2 Å². The molecule has 0 bridgehead atoms. The normalized spacial score (nSPS) is 15.7. The van der Waals surface area contributed by atoms with Crippen molar-refractivity contribution >= 4 is 28.6 Å². The minimum absolute atomic E-state index is 0.124. The number of aryl methyl sites for hydroxylation is 2. The molecule has 3 aromatic rings. The van der Waals surface area contributed by atoms with Crippen molar-refractivity contribution in [1.29, 1.82) is 0 Å². The van der Waals surface area contributed by atoms with Gasteiger partial charge < -0.3 is 10.2 Å². The third-order valence-electron chi connectivity index (χ3n) is 6.54. The van der Waals surface area contributed by atoms with E-state index in [-0.39, 0.29) is 22.4 Å². The SMILES string of the molecule is O=C(SC(CCc1ccccc1)CCc1ccccc1)C1CCCCN1C(=O)Nc1ccccc1. The van der Waals surface area contributed by atoms with E-state index < -0.39 is 0 Å². The molecule has 1 unspecified atom stereocenters. The lowest BCUT2D eigenvalue weighted by atomic mass is 10.0. The van der Waals surface area contributed by atoms with E-state index in [0.717, 1.165) is 50.6 Å². The van der Waals surface area contributed by atoms with E-state index in [1.165, 1.54) is 22.9 Å². The molecule has 4 nitrogen and oxygen atoms in total. The molecule has 0 aliphatic carbocycles. The van der Waals surface area contributed by atoms with E-state index >= 15 is 0 Å². The van der Waals surface area contributed by atoms with Crippen molar-refractivity contribution in [2.24, 2.45) is 0 Å². The first-order chi connectivity index (χ1) is 17.2. The zero-order valence-electron chi connectivity index (χ0n) is 20.1. The summed E-state index contributed by atoms with van der Waals surface area (Å²) in [4.78, 5) is 28.3. The summed E-state index contributed by atoms with van der Waals surface area (Å²) >= 11 is 1.46. The Morgan fingerprint density at radius 2 is 1.34 bits per heavy atom. The number of likely N-dealkylation sites (tertiary alicyclic amines) is 1. The fraction of sp³-hybridized carbons (Fsp3) is 0.333. The summed E-state index contributed by atoms with van der Waals surface area (Å²) in [6.07, 6.45) is 6.42. The number of urea groups is 1. The summed E-state index contributed by atoms with van der Waals surface area (Å²) in [6.45, 7) is 0.619. The zero-order valence-corrected chi connectivity index (χ0v) is 21.0. The molecular formula is C30H34N2O2S. The van der Waals surface area contributed by atoms with Gasteiger partial charge in [0.1, 0.15) is 6.04 Å². The van der Waals surface area contributed by atoms with Crippen molar-refractivity contribution in [1.82, 2.24) is 4.90 Å². The molecule has 0 radical (unpaired) electrons. The number of carbonyl (C=O) groups excluding carboxylic acids is 2. The maximum atomic E-state index is 13.5. The molecule has 1 aliphatic rings. The number of para-hydroxylation sites is 1. The van der Waals surface area contributed by atoms with Crippen molar-refractivity contribution in [3.8, 4) is 0 Å². The molecule has 1 saturated heterocycles. The highest BCUT2D eigenvalue weighted by Gasteiger charge is 2.33. The molecule has 1 fully saturated rings. The summed E-state index contributed by atoms with van der Waals surface area (Å²) in [6, 6.07) is 29.9. The summed E-state index contributed by atoms with van der Waals surface area (Å²) in [5.41, 5.74) is 3.35. The molecule has 0 saturated carbocycles. The fourth-order valence-electron chi connectivity index (χ4n) is 4.59. The van der Waals surface area contributed by atoms with Gasteiger partial charge in [0.25, 0.3) is 0 Å². The molecule has 0 spiro atoms. The lowest BCUT2D eigenvalue weighted by Gasteiger charge is -2.35. The Morgan fingerprint density at radius 3 is 1.91 bits per heavy atom. The Kier molecular flexibility index (Phi) is 9.41. The van der Waals surface area contributed by atoms with Gasteiger partial charge in [-0.3, -0.25) is 4.79 Å². The quantitative estimate of drug-likeness (QED) is 0.355. The molecule has 35 heavy (non-hydrogen) atoms. The molecule has 182 valence electrons. The van der Waals surface area contributed by atoms with Crippen LogP contribution in [0, 0.1) is 0 Å². The summed E-state index contributed by atoms with van der Waals surface area (Å²) in [7, 11) is 0. The fourth-order valence-corrected chi connectivity index (χ4v) is 5.79. The number of piperidine rings is 1. The molecule has 0 aromatic heterocycles. The highest BCUT2D eigenvalue weighted by Crippen LogP contribution is 2.29. The highest BCUT2D eigenvalue weighted by molar-refractivity contribution is 8.14. The Hall–Kier alpha value is -3.05. The second-order valence-corrected chi connectivity index (χ2v) is 10.4. The van der Waals surface area contributed by atoms with Crippen LogP contribution in [0.25, 0.3) is 0 Å². The first-order valence-corrected chi connectivity index (χ1v) is 13.5. The molecule has 1 atom stereocenters. The molecule has 4 rings (SSSR count). The van der Waals surface area contributed by atoms with Gasteiger partial charge in [0.2, 0.25) is 5.12 Å². The van der Waals surface area contributed by atoms with Crippen LogP contribution >= 0.6 is 11.8 Å². The Balaban J connectivity index is 1.41. The van der Waals surface area contributed by atoms with Crippen LogP contribution in [0.3, 0.4) is 0 Å². The maximum Gasteiger partial charge on any atom is 0.322 e. The van der Waals surface area contributed by atoms with Crippen molar-refractivity contribution in [2.45, 2.75) is 56.2 Å². The van der Waals surface area contributed by atoms with E-state index in [0.29, 0.717) is 6.54 Å². The lowest BCUT2D eigenvalue weighted by molar-refractivity contribution is -0.115. The minimum Gasteiger partial charge on any atom is -0.314 e. The number of rotatable bonds is 9. The second kappa shape index (κ2) is 13.1. The molecule has 2 amide bonds. The first kappa shape index (κ1) is 25.1. The van der Waals surface area contributed by atoms with Gasteiger partial charge in [-0.1, -0.05) is 90.6 Å². The van der Waals surface area contributed by atoms with Crippen molar-refractivity contribution in [2.75, 3.05) is 11.9 Å². The van der Waals surface area contributed by atoms with Crippen LogP contribution < -0.4 is 5.32 Å². The van der Waals surface area contributed by atoms with Gasteiger partial charge in [0, 0.05) is 17.5 Å². The Bertz CT molecular complexity index is 1020. The van der Waals surface area contributed by atoms with Crippen molar-refractivity contribution in [3.05, 3.63) is 102 Å². The van der Waals surface area contributed by atoms with E-state index in [4.69, 9.17) is 0 Å². The first-order valence-electron chi connectivity index (χ1n) is 12.6. The molecule has 1 heterocycles. The number of hydrogen-bond donors (Lipinski definition) is 1. The van der Waals surface area contributed by atoms with Crippen LogP contribution in [0.2, 0.25) is 0 Å². The lowest BCUT2D eigenvalue weighted by Crippen LogP contribution is -2.49. The van der Waals surface area contributed by atoms with Gasteiger partial charge in [-0.2, -0.15) is 0 Å². The number of hydrogen-bond acceptors (Lipinski definition) is 3. The predicted molar refractivity (Wildman–Crippen MR) is 146 cm³/mol. The second-order valence-electron chi connectivity index (χ2n) is 9.11. The smallest absolute Gasteiger partial charge is 0.314 e. The number of amides is 2. The van der Waals surface area contributed by atoms with E-state index in [1.54, 1.807) is 4.90 Å². The summed E-state index contributed by atoms with van der Waals surface area (Å²) < 4.78 is 0. The summed E-state index contributed by atoms with van der Waals surface area (Å²) in [5.74, 6) is 0. The van der Waals surface area contributed by atoms with Crippen LogP contribution in [0.4, 0.5) is 10.5 Å². The Labute approximate surface area is 213 Å². The molecule has 3 aromatic carbocycles. The Morgan fingerprint density at radius 1 is 0.800 bits per heavy atom. The van der Waals surface area contributed by atoms with E-state index in [9.17, 15) is 9.59 Å². The van der Waals surface area contributed by atoms with E-state index in [2.05, 4.69) is 53.8 Å². The molecular weight excluding hydrogens is 452 g/mol. The predicted octanol–water partition coefficient (Wildman–Crippen LogP) is 6.97. The van der Waals surface area contributed by atoms with Gasteiger partial charge in [0.15, 0.2) is 0 Å². The van der Waals surface area contributed by atoms with Crippen LogP contribution in [0.15, 0.2) is 91.0 Å². The molecule has 1 N–H and O–H groups in total. The minimum atomic E-state index is -0.367. The number of nitrogens with zero attached hydrogens (tertiary/aromatic N) is 1. The van der Waals surface area contributed by atoms with Gasteiger partial charge >= 0.3 is 6.03 Å². The summed E-state index contributed by atoms with van der Waals surface area (Å²) in [5, 5.41) is 3.30. The monoisotopic (exact) mass is 486 g/mol. The number of thioether (sulfide) groups is 1. The van der Waals surface area contributed by atoms with Gasteiger partial charge in [0.05, 0.1) is 0 Å².